The first-order valence-electron chi connectivity index (χ1n) is 7.45. The lowest BCUT2D eigenvalue weighted by molar-refractivity contribution is -0.123. The molecule has 0 aliphatic rings. The lowest BCUT2D eigenvalue weighted by atomic mass is 10.1. The van der Waals surface area contributed by atoms with Gasteiger partial charge in [0.1, 0.15) is 11.5 Å². The second-order valence-corrected chi connectivity index (χ2v) is 6.11. The molecule has 0 unspecified atom stereocenters. The molecule has 2 aromatic carbocycles. The van der Waals surface area contributed by atoms with Gasteiger partial charge < -0.3 is 14.8 Å². The standard InChI is InChI=1S/C18H17Cl2NO4/c1-11(15-5-3-13(19)8-16(15)20)21-18(23)10-25-17-6-4-14(24-2)7-12(17)9-22/h3-9,11H,10H2,1-2H3,(H,21,23)/t11-/m0/s1. The number of hydrogen-bond acceptors (Lipinski definition) is 4. The largest absolute Gasteiger partial charge is 0.497 e. The molecule has 0 saturated carbocycles. The number of hydrogen-bond donors (Lipinski definition) is 1. The van der Waals surface area contributed by atoms with Crippen molar-refractivity contribution in [3.63, 3.8) is 0 Å². The van der Waals surface area contributed by atoms with Crippen molar-refractivity contribution in [3.8, 4) is 11.5 Å². The van der Waals surface area contributed by atoms with Crippen LogP contribution in [-0.4, -0.2) is 25.9 Å². The molecule has 0 saturated heterocycles. The van der Waals surface area contributed by atoms with E-state index in [9.17, 15) is 9.59 Å². The second-order valence-electron chi connectivity index (χ2n) is 5.27. The summed E-state index contributed by atoms with van der Waals surface area (Å²) in [6.07, 6.45) is 0.645. The van der Waals surface area contributed by atoms with Gasteiger partial charge in [0.25, 0.3) is 5.91 Å². The first-order chi connectivity index (χ1) is 11.9. The number of amides is 1. The highest BCUT2D eigenvalue weighted by atomic mass is 35.5. The lowest BCUT2D eigenvalue weighted by Crippen LogP contribution is -2.31. The van der Waals surface area contributed by atoms with Gasteiger partial charge in [-0.3, -0.25) is 9.59 Å². The molecule has 0 aromatic heterocycles. The van der Waals surface area contributed by atoms with Crippen molar-refractivity contribution in [2.75, 3.05) is 13.7 Å². The highest BCUT2D eigenvalue weighted by Gasteiger charge is 2.14. The van der Waals surface area contributed by atoms with Crippen LogP contribution in [0.3, 0.4) is 0 Å². The molecule has 2 rings (SSSR count). The van der Waals surface area contributed by atoms with Crippen LogP contribution in [0, 0.1) is 0 Å². The molecule has 0 bridgehead atoms. The molecule has 132 valence electrons. The van der Waals surface area contributed by atoms with Crippen molar-refractivity contribution in [3.05, 3.63) is 57.6 Å². The van der Waals surface area contributed by atoms with Crippen molar-refractivity contribution in [2.45, 2.75) is 13.0 Å². The van der Waals surface area contributed by atoms with Crippen molar-refractivity contribution in [1.82, 2.24) is 5.32 Å². The Hall–Kier alpha value is -2.24. The SMILES string of the molecule is COc1ccc(OCC(=O)N[C@@H](C)c2ccc(Cl)cc2Cl)c(C=O)c1. The second kappa shape index (κ2) is 8.74. The normalized spacial score (nSPS) is 11.5. The van der Waals surface area contributed by atoms with Crippen molar-refractivity contribution in [2.24, 2.45) is 0 Å². The van der Waals surface area contributed by atoms with Crippen molar-refractivity contribution in [1.29, 1.82) is 0 Å². The maximum absolute atomic E-state index is 12.1. The van der Waals surface area contributed by atoms with E-state index in [1.807, 2.05) is 0 Å². The molecular weight excluding hydrogens is 365 g/mol. The molecule has 0 radical (unpaired) electrons. The predicted molar refractivity (Wildman–Crippen MR) is 96.9 cm³/mol. The van der Waals surface area contributed by atoms with Crippen LogP contribution in [0.5, 0.6) is 11.5 Å². The zero-order valence-electron chi connectivity index (χ0n) is 13.7. The number of ether oxygens (including phenoxy) is 2. The molecule has 7 heteroatoms. The predicted octanol–water partition coefficient (Wildman–Crippen LogP) is 4.07. The van der Waals surface area contributed by atoms with Crippen LogP contribution in [0.15, 0.2) is 36.4 Å². The van der Waals surface area contributed by atoms with E-state index in [0.29, 0.717) is 33.4 Å². The number of nitrogens with one attached hydrogen (secondary N) is 1. The maximum Gasteiger partial charge on any atom is 0.258 e. The van der Waals surface area contributed by atoms with Crippen molar-refractivity contribution >= 4 is 35.4 Å². The quantitative estimate of drug-likeness (QED) is 0.734. The Labute approximate surface area is 155 Å². The summed E-state index contributed by atoms with van der Waals surface area (Å²) in [6, 6.07) is 9.52. The topological polar surface area (TPSA) is 64.6 Å². The Morgan fingerprint density at radius 3 is 2.64 bits per heavy atom. The van der Waals surface area contributed by atoms with E-state index in [2.05, 4.69) is 5.32 Å². The number of carbonyl (C=O) groups is 2. The summed E-state index contributed by atoms with van der Waals surface area (Å²) in [7, 11) is 1.50. The Morgan fingerprint density at radius 1 is 1.24 bits per heavy atom. The minimum absolute atomic E-state index is 0.233. The highest BCUT2D eigenvalue weighted by molar-refractivity contribution is 6.35. The number of aldehydes is 1. The van der Waals surface area contributed by atoms with Gasteiger partial charge in [0.15, 0.2) is 12.9 Å². The first kappa shape index (κ1) is 19.1. The molecule has 1 atom stereocenters. The molecule has 5 nitrogen and oxygen atoms in total. The Morgan fingerprint density at radius 2 is 2.00 bits per heavy atom. The smallest absolute Gasteiger partial charge is 0.258 e. The third-order valence-corrected chi connectivity index (χ3v) is 4.07. The fraction of sp³-hybridized carbons (Fsp3) is 0.222. The maximum atomic E-state index is 12.1. The molecule has 1 amide bonds. The average molecular weight is 382 g/mol. The monoisotopic (exact) mass is 381 g/mol. The van der Waals surface area contributed by atoms with Gasteiger partial charge in [-0.1, -0.05) is 29.3 Å². The number of methoxy groups -OCH3 is 1. The molecule has 0 aliphatic carbocycles. The molecular formula is C18H17Cl2NO4. The van der Waals surface area contributed by atoms with Crippen LogP contribution < -0.4 is 14.8 Å². The van der Waals surface area contributed by atoms with Crippen LogP contribution in [-0.2, 0) is 4.79 Å². The molecule has 25 heavy (non-hydrogen) atoms. The van der Waals surface area contributed by atoms with E-state index >= 15 is 0 Å². The van der Waals surface area contributed by atoms with Gasteiger partial charge in [-0.25, -0.2) is 0 Å². The minimum Gasteiger partial charge on any atom is -0.497 e. The number of benzene rings is 2. The summed E-state index contributed by atoms with van der Waals surface area (Å²) in [5.74, 6) is 0.499. The van der Waals surface area contributed by atoms with Gasteiger partial charge in [-0.05, 0) is 42.8 Å². The number of halogens is 2. The number of carbonyl (C=O) groups excluding carboxylic acids is 2. The van der Waals surface area contributed by atoms with Gasteiger partial charge in [-0.2, -0.15) is 0 Å². The van der Waals surface area contributed by atoms with Crippen LogP contribution in [0.2, 0.25) is 10.0 Å². The van der Waals surface area contributed by atoms with E-state index in [0.717, 1.165) is 5.56 Å². The van der Waals surface area contributed by atoms with E-state index in [1.165, 1.54) is 13.2 Å². The van der Waals surface area contributed by atoms with Crippen LogP contribution in [0.25, 0.3) is 0 Å². The molecule has 0 heterocycles. The zero-order chi connectivity index (χ0) is 18.4. The molecule has 0 aliphatic heterocycles. The highest BCUT2D eigenvalue weighted by Crippen LogP contribution is 2.26. The summed E-state index contributed by atoms with van der Waals surface area (Å²) in [4.78, 5) is 23.2. The molecule has 0 spiro atoms. The number of rotatable bonds is 7. The summed E-state index contributed by atoms with van der Waals surface area (Å²) in [6.45, 7) is 1.57. The molecule has 2 aromatic rings. The Kier molecular flexibility index (Phi) is 6.67. The van der Waals surface area contributed by atoms with Gasteiger partial charge in [0.05, 0.1) is 18.7 Å². The fourth-order valence-corrected chi connectivity index (χ4v) is 2.81. The third kappa shape index (κ3) is 5.11. The average Bonchev–Trinajstić information content (AvgIpc) is 2.59. The minimum atomic E-state index is -0.341. The first-order valence-corrected chi connectivity index (χ1v) is 8.20. The Bertz CT molecular complexity index is 780. The van der Waals surface area contributed by atoms with Crippen LogP contribution in [0.4, 0.5) is 0 Å². The summed E-state index contributed by atoms with van der Waals surface area (Å²) < 4.78 is 10.5. The van der Waals surface area contributed by atoms with Crippen LogP contribution >= 0.6 is 23.2 Å². The third-order valence-electron chi connectivity index (χ3n) is 3.51. The van der Waals surface area contributed by atoms with E-state index < -0.39 is 0 Å². The van der Waals surface area contributed by atoms with Gasteiger partial charge >= 0.3 is 0 Å². The van der Waals surface area contributed by atoms with Gasteiger partial charge in [-0.15, -0.1) is 0 Å². The summed E-state index contributed by atoms with van der Waals surface area (Å²) in [5.41, 5.74) is 1.05. The van der Waals surface area contributed by atoms with E-state index in [4.69, 9.17) is 32.7 Å². The zero-order valence-corrected chi connectivity index (χ0v) is 15.2. The van der Waals surface area contributed by atoms with Crippen LogP contribution in [0.1, 0.15) is 28.9 Å². The van der Waals surface area contributed by atoms with Crippen molar-refractivity contribution < 1.29 is 19.1 Å². The molecule has 0 fully saturated rings. The van der Waals surface area contributed by atoms with Gasteiger partial charge in [0, 0.05) is 10.0 Å². The van der Waals surface area contributed by atoms with E-state index in [-0.39, 0.29) is 18.6 Å². The molecule has 1 N–H and O–H groups in total. The fourth-order valence-electron chi connectivity index (χ4n) is 2.23. The van der Waals surface area contributed by atoms with E-state index in [1.54, 1.807) is 37.3 Å². The summed E-state index contributed by atoms with van der Waals surface area (Å²) in [5, 5.41) is 3.78. The van der Waals surface area contributed by atoms with Gasteiger partial charge in [0.2, 0.25) is 0 Å². The Balaban J connectivity index is 1.97. The lowest BCUT2D eigenvalue weighted by Gasteiger charge is -2.16. The summed E-state index contributed by atoms with van der Waals surface area (Å²) >= 11 is 12.0.